The second-order valence-electron chi connectivity index (χ2n) is 6.15. The summed E-state index contributed by atoms with van der Waals surface area (Å²) in [4.78, 5) is 12.3. The Morgan fingerprint density at radius 2 is 1.92 bits per heavy atom. The lowest BCUT2D eigenvalue weighted by Gasteiger charge is -2.26. The van der Waals surface area contributed by atoms with Crippen molar-refractivity contribution in [3.63, 3.8) is 0 Å². The predicted molar refractivity (Wildman–Crippen MR) is 97.4 cm³/mol. The van der Waals surface area contributed by atoms with Crippen molar-refractivity contribution in [2.75, 3.05) is 44.9 Å². The zero-order valence-electron chi connectivity index (χ0n) is 14.4. The van der Waals surface area contributed by atoms with Crippen LogP contribution in [-0.4, -0.2) is 74.2 Å². The van der Waals surface area contributed by atoms with Gasteiger partial charge < -0.3 is 15.2 Å². The molecular formula is C16H24N2O5S2. The van der Waals surface area contributed by atoms with Crippen LogP contribution in [0.2, 0.25) is 0 Å². The molecule has 1 aliphatic rings. The molecule has 0 spiro atoms. The van der Waals surface area contributed by atoms with Crippen LogP contribution in [0.25, 0.3) is 0 Å². The van der Waals surface area contributed by atoms with E-state index in [1.54, 1.807) is 6.92 Å². The van der Waals surface area contributed by atoms with Crippen molar-refractivity contribution >= 4 is 27.7 Å². The molecule has 25 heavy (non-hydrogen) atoms. The van der Waals surface area contributed by atoms with Crippen molar-refractivity contribution < 1.29 is 23.1 Å². The van der Waals surface area contributed by atoms with Gasteiger partial charge in [0.25, 0.3) is 5.91 Å². The standard InChI is InChI=1S/C16H24N2O5S2/c1-16(20,12-24-2)11-17-15(19)13-3-5-14(6-4-13)25(21,22)18-7-9-23-10-8-18/h3-6,20H,7-12H2,1-2H3,(H,17,19). The topological polar surface area (TPSA) is 95.9 Å². The minimum Gasteiger partial charge on any atom is -0.387 e. The Morgan fingerprint density at radius 1 is 1.32 bits per heavy atom. The van der Waals surface area contributed by atoms with E-state index in [1.807, 2.05) is 6.26 Å². The summed E-state index contributed by atoms with van der Waals surface area (Å²) in [6.07, 6.45) is 1.88. The predicted octanol–water partition coefficient (Wildman–Crippen LogP) is 0.551. The number of morpholine rings is 1. The van der Waals surface area contributed by atoms with E-state index in [0.29, 0.717) is 37.6 Å². The summed E-state index contributed by atoms with van der Waals surface area (Å²) >= 11 is 1.49. The van der Waals surface area contributed by atoms with E-state index in [9.17, 15) is 18.3 Å². The SMILES string of the molecule is CSCC(C)(O)CNC(=O)c1ccc(S(=O)(=O)N2CCOCC2)cc1. The Labute approximate surface area is 152 Å². The Morgan fingerprint density at radius 3 is 2.48 bits per heavy atom. The number of amides is 1. The molecule has 0 aliphatic carbocycles. The quantitative estimate of drug-likeness (QED) is 0.708. The van der Waals surface area contributed by atoms with Gasteiger partial charge in [0, 0.05) is 31.0 Å². The number of thioether (sulfide) groups is 1. The van der Waals surface area contributed by atoms with Crippen LogP contribution >= 0.6 is 11.8 Å². The van der Waals surface area contributed by atoms with Crippen molar-refractivity contribution in [3.05, 3.63) is 29.8 Å². The Balaban J connectivity index is 2.02. The number of sulfonamides is 1. The summed E-state index contributed by atoms with van der Waals surface area (Å²) < 4.78 is 31.6. The summed E-state index contributed by atoms with van der Waals surface area (Å²) in [5, 5.41) is 12.7. The second-order valence-corrected chi connectivity index (χ2v) is 8.96. The van der Waals surface area contributed by atoms with E-state index in [4.69, 9.17) is 4.74 Å². The lowest BCUT2D eigenvalue weighted by Crippen LogP contribution is -2.42. The average molecular weight is 389 g/mol. The van der Waals surface area contributed by atoms with E-state index in [1.165, 1.54) is 40.3 Å². The number of carbonyl (C=O) groups is 1. The number of ether oxygens (including phenoxy) is 1. The number of benzene rings is 1. The molecule has 1 saturated heterocycles. The number of nitrogens with one attached hydrogen (secondary N) is 1. The van der Waals surface area contributed by atoms with Crippen LogP contribution in [0, 0.1) is 0 Å². The molecule has 7 nitrogen and oxygen atoms in total. The van der Waals surface area contributed by atoms with Crippen LogP contribution in [0.3, 0.4) is 0 Å². The normalized spacial score (nSPS) is 18.5. The first kappa shape index (κ1) is 20.2. The first-order valence-corrected chi connectivity index (χ1v) is 10.8. The van der Waals surface area contributed by atoms with Crippen LogP contribution < -0.4 is 5.32 Å². The van der Waals surface area contributed by atoms with Crippen LogP contribution in [0.5, 0.6) is 0 Å². The van der Waals surface area contributed by atoms with Crippen LogP contribution in [0.15, 0.2) is 29.2 Å². The molecular weight excluding hydrogens is 364 g/mol. The highest BCUT2D eigenvalue weighted by Crippen LogP contribution is 2.18. The van der Waals surface area contributed by atoms with Crippen molar-refractivity contribution in [1.82, 2.24) is 9.62 Å². The molecule has 1 aliphatic heterocycles. The summed E-state index contributed by atoms with van der Waals surface area (Å²) in [5.74, 6) is 0.154. The fourth-order valence-electron chi connectivity index (χ4n) is 2.45. The first-order valence-electron chi connectivity index (χ1n) is 7.94. The number of carbonyl (C=O) groups excluding carboxylic acids is 1. The fourth-order valence-corrected chi connectivity index (χ4v) is 4.58. The molecule has 1 aromatic carbocycles. The Bertz CT molecular complexity index is 683. The van der Waals surface area contributed by atoms with Gasteiger partial charge in [-0.1, -0.05) is 0 Å². The Hall–Kier alpha value is -1.13. The van der Waals surface area contributed by atoms with Gasteiger partial charge in [0.15, 0.2) is 0 Å². The number of hydrogen-bond donors (Lipinski definition) is 2. The maximum absolute atomic E-state index is 12.5. The third-order valence-electron chi connectivity index (χ3n) is 3.81. The van der Waals surface area contributed by atoms with Gasteiger partial charge in [-0.3, -0.25) is 4.79 Å². The van der Waals surface area contributed by atoms with Crippen LogP contribution in [0.4, 0.5) is 0 Å². The van der Waals surface area contributed by atoms with Gasteiger partial charge >= 0.3 is 0 Å². The van der Waals surface area contributed by atoms with Gasteiger partial charge in [0.2, 0.25) is 10.0 Å². The van der Waals surface area contributed by atoms with Gasteiger partial charge in [-0.05, 0) is 37.4 Å². The lowest BCUT2D eigenvalue weighted by atomic mass is 10.1. The number of nitrogens with zero attached hydrogens (tertiary/aromatic N) is 1. The van der Waals surface area contributed by atoms with Crippen LogP contribution in [0.1, 0.15) is 17.3 Å². The lowest BCUT2D eigenvalue weighted by molar-refractivity contribution is 0.0724. The molecule has 2 N–H and O–H groups in total. The molecule has 9 heteroatoms. The molecule has 1 fully saturated rings. The highest BCUT2D eigenvalue weighted by molar-refractivity contribution is 7.98. The molecule has 1 amide bonds. The minimum absolute atomic E-state index is 0.125. The number of aliphatic hydroxyl groups is 1. The maximum Gasteiger partial charge on any atom is 0.251 e. The molecule has 0 aromatic heterocycles. The molecule has 2 rings (SSSR count). The van der Waals surface area contributed by atoms with Crippen molar-refractivity contribution in [1.29, 1.82) is 0 Å². The molecule has 1 unspecified atom stereocenters. The summed E-state index contributed by atoms with van der Waals surface area (Å²) in [5.41, 5.74) is -0.643. The minimum atomic E-state index is -3.57. The smallest absolute Gasteiger partial charge is 0.251 e. The van der Waals surface area contributed by atoms with Crippen molar-refractivity contribution in [2.24, 2.45) is 0 Å². The van der Waals surface area contributed by atoms with Gasteiger partial charge in [0.1, 0.15) is 0 Å². The van der Waals surface area contributed by atoms with Crippen molar-refractivity contribution in [3.8, 4) is 0 Å². The largest absolute Gasteiger partial charge is 0.387 e. The monoisotopic (exact) mass is 388 g/mol. The van der Waals surface area contributed by atoms with E-state index in [2.05, 4.69) is 5.32 Å². The number of rotatable bonds is 7. The molecule has 0 bridgehead atoms. The van der Waals surface area contributed by atoms with Gasteiger partial charge in [-0.25, -0.2) is 8.42 Å². The Kier molecular flexibility index (Phi) is 6.86. The zero-order chi connectivity index (χ0) is 18.5. The van der Waals surface area contributed by atoms with E-state index < -0.39 is 15.6 Å². The molecule has 1 atom stereocenters. The molecule has 0 radical (unpaired) electrons. The van der Waals surface area contributed by atoms with Crippen molar-refractivity contribution in [2.45, 2.75) is 17.4 Å². The fraction of sp³-hybridized carbons (Fsp3) is 0.562. The van der Waals surface area contributed by atoms with Crippen LogP contribution in [-0.2, 0) is 14.8 Å². The van der Waals surface area contributed by atoms with Gasteiger partial charge in [-0.15, -0.1) is 0 Å². The molecule has 1 heterocycles. The third kappa shape index (κ3) is 5.42. The summed E-state index contributed by atoms with van der Waals surface area (Å²) in [6.45, 7) is 3.21. The number of hydrogen-bond acceptors (Lipinski definition) is 6. The highest BCUT2D eigenvalue weighted by Gasteiger charge is 2.26. The van der Waals surface area contributed by atoms with E-state index in [-0.39, 0.29) is 17.3 Å². The highest BCUT2D eigenvalue weighted by atomic mass is 32.2. The molecule has 0 saturated carbocycles. The third-order valence-corrected chi connectivity index (χ3v) is 6.63. The average Bonchev–Trinajstić information content (AvgIpc) is 2.60. The first-order chi connectivity index (χ1) is 11.8. The van der Waals surface area contributed by atoms with Gasteiger partial charge in [-0.2, -0.15) is 16.1 Å². The summed E-state index contributed by atoms with van der Waals surface area (Å²) in [7, 11) is -3.57. The van der Waals surface area contributed by atoms with E-state index >= 15 is 0 Å². The zero-order valence-corrected chi connectivity index (χ0v) is 16.0. The molecule has 1 aromatic rings. The van der Waals surface area contributed by atoms with E-state index in [0.717, 1.165) is 0 Å². The second kappa shape index (κ2) is 8.50. The van der Waals surface area contributed by atoms with Gasteiger partial charge in [0.05, 0.1) is 23.7 Å². The maximum atomic E-state index is 12.5. The molecule has 140 valence electrons. The summed E-state index contributed by atoms with van der Waals surface area (Å²) in [6, 6.07) is 5.82.